The van der Waals surface area contributed by atoms with Crippen LogP contribution in [0.15, 0.2) is 42.5 Å². The lowest BCUT2D eigenvalue weighted by Crippen LogP contribution is -2.32. The second kappa shape index (κ2) is 7.12. The predicted octanol–water partition coefficient (Wildman–Crippen LogP) is 2.19. The average Bonchev–Trinajstić information content (AvgIpc) is 2.77. The lowest BCUT2D eigenvalue weighted by molar-refractivity contribution is 0.0943. The molecule has 0 spiro atoms. The summed E-state index contributed by atoms with van der Waals surface area (Å²) in [5, 5.41) is 2.87. The number of hydrogen-bond acceptors (Lipinski definition) is 2. The number of nitrogens with one attached hydrogen (secondary N) is 1. The lowest BCUT2D eigenvalue weighted by Gasteiger charge is -2.13. The van der Waals surface area contributed by atoms with Gasteiger partial charge in [0.25, 0.3) is 5.91 Å². The summed E-state index contributed by atoms with van der Waals surface area (Å²) in [6.45, 7) is 2.39. The summed E-state index contributed by atoms with van der Waals surface area (Å²) >= 11 is 0. The highest BCUT2D eigenvalue weighted by atomic mass is 35.5. The fraction of sp³-hybridized carbons (Fsp3) is 0.267. The molecular formula is C15H20ClN3O. The van der Waals surface area contributed by atoms with Crippen molar-refractivity contribution in [1.29, 1.82) is 0 Å². The van der Waals surface area contributed by atoms with Gasteiger partial charge in [0.05, 0.1) is 0 Å². The number of aromatic nitrogens is 1. The average molecular weight is 294 g/mol. The fourth-order valence-corrected chi connectivity index (χ4v) is 1.95. The standard InChI is InChI=1S/C15H19N3O.ClH/c1-11-8-9-14(18(11)2)15(19)17-10-13(16)12-6-4-3-5-7-12;/h3-9,13H,10,16H2,1-2H3,(H,17,19);1H. The zero-order valence-corrected chi connectivity index (χ0v) is 12.5. The molecule has 1 aromatic heterocycles. The van der Waals surface area contributed by atoms with E-state index >= 15 is 0 Å². The summed E-state index contributed by atoms with van der Waals surface area (Å²) in [6, 6.07) is 13.3. The molecule has 1 unspecified atom stereocenters. The highest BCUT2D eigenvalue weighted by Crippen LogP contribution is 2.09. The highest BCUT2D eigenvalue weighted by Gasteiger charge is 2.12. The monoisotopic (exact) mass is 293 g/mol. The first-order valence-corrected chi connectivity index (χ1v) is 6.30. The molecule has 2 aromatic rings. The Balaban J connectivity index is 0.00000200. The van der Waals surface area contributed by atoms with Crippen molar-refractivity contribution >= 4 is 18.3 Å². The topological polar surface area (TPSA) is 60.1 Å². The molecule has 0 aliphatic heterocycles. The molecule has 0 aliphatic carbocycles. The Morgan fingerprint density at radius 1 is 1.25 bits per heavy atom. The van der Waals surface area contributed by atoms with Gasteiger partial charge >= 0.3 is 0 Å². The van der Waals surface area contributed by atoms with Crippen molar-refractivity contribution in [3.05, 3.63) is 59.4 Å². The Kier molecular flexibility index (Phi) is 5.80. The van der Waals surface area contributed by atoms with Gasteiger partial charge in [-0.3, -0.25) is 4.79 Å². The normalized spacial score (nSPS) is 11.6. The number of rotatable bonds is 4. The number of carbonyl (C=O) groups excluding carboxylic acids is 1. The van der Waals surface area contributed by atoms with Crippen LogP contribution in [-0.2, 0) is 7.05 Å². The van der Waals surface area contributed by atoms with Crippen molar-refractivity contribution in [2.75, 3.05) is 6.54 Å². The van der Waals surface area contributed by atoms with E-state index in [9.17, 15) is 4.79 Å². The van der Waals surface area contributed by atoms with Crippen molar-refractivity contribution in [1.82, 2.24) is 9.88 Å². The summed E-state index contributed by atoms with van der Waals surface area (Å²) in [6.07, 6.45) is 0. The first-order chi connectivity index (χ1) is 9.09. The van der Waals surface area contributed by atoms with Crippen LogP contribution in [0.5, 0.6) is 0 Å². The van der Waals surface area contributed by atoms with E-state index in [0.717, 1.165) is 11.3 Å². The molecule has 1 amide bonds. The quantitative estimate of drug-likeness (QED) is 0.908. The Bertz CT molecular complexity index is 566. The molecule has 1 heterocycles. The second-order valence-electron chi connectivity index (χ2n) is 4.65. The molecule has 1 atom stereocenters. The molecular weight excluding hydrogens is 274 g/mol. The van der Waals surface area contributed by atoms with E-state index in [-0.39, 0.29) is 24.4 Å². The van der Waals surface area contributed by atoms with E-state index in [2.05, 4.69) is 5.32 Å². The van der Waals surface area contributed by atoms with E-state index in [0.29, 0.717) is 12.2 Å². The third kappa shape index (κ3) is 3.62. The van der Waals surface area contributed by atoms with Gasteiger partial charge < -0.3 is 15.6 Å². The van der Waals surface area contributed by atoms with Crippen molar-refractivity contribution < 1.29 is 4.79 Å². The summed E-state index contributed by atoms with van der Waals surface area (Å²) < 4.78 is 1.86. The first-order valence-electron chi connectivity index (χ1n) is 6.30. The molecule has 108 valence electrons. The van der Waals surface area contributed by atoms with Crippen LogP contribution in [0.4, 0.5) is 0 Å². The maximum atomic E-state index is 12.0. The number of benzene rings is 1. The second-order valence-corrected chi connectivity index (χ2v) is 4.65. The molecule has 0 bridgehead atoms. The number of carbonyl (C=O) groups is 1. The van der Waals surface area contributed by atoms with Gasteiger partial charge in [0.1, 0.15) is 5.69 Å². The van der Waals surface area contributed by atoms with Crippen molar-refractivity contribution in [3.63, 3.8) is 0 Å². The Morgan fingerprint density at radius 2 is 1.90 bits per heavy atom. The Hall–Kier alpha value is -1.78. The molecule has 0 radical (unpaired) electrons. The number of aryl methyl sites for hydroxylation is 1. The third-order valence-corrected chi connectivity index (χ3v) is 3.32. The number of nitrogens with two attached hydrogens (primary N) is 1. The van der Waals surface area contributed by atoms with Gasteiger partial charge in [-0.05, 0) is 24.6 Å². The number of halogens is 1. The Morgan fingerprint density at radius 3 is 2.45 bits per heavy atom. The van der Waals surface area contributed by atoms with E-state index in [1.807, 2.05) is 61.0 Å². The molecule has 0 aliphatic rings. The van der Waals surface area contributed by atoms with Crippen molar-refractivity contribution in [2.24, 2.45) is 12.8 Å². The van der Waals surface area contributed by atoms with Crippen LogP contribution in [0, 0.1) is 6.92 Å². The molecule has 1 aromatic carbocycles. The number of amides is 1. The molecule has 3 N–H and O–H groups in total. The molecule has 20 heavy (non-hydrogen) atoms. The van der Waals surface area contributed by atoms with Gasteiger partial charge in [0.2, 0.25) is 0 Å². The number of nitrogens with zero attached hydrogens (tertiary/aromatic N) is 1. The van der Waals surface area contributed by atoms with Gasteiger partial charge in [0.15, 0.2) is 0 Å². The van der Waals surface area contributed by atoms with E-state index in [1.54, 1.807) is 0 Å². The summed E-state index contributed by atoms with van der Waals surface area (Å²) in [5.74, 6) is -0.0954. The van der Waals surface area contributed by atoms with Gasteiger partial charge in [-0.2, -0.15) is 0 Å². The third-order valence-electron chi connectivity index (χ3n) is 3.32. The zero-order valence-electron chi connectivity index (χ0n) is 11.7. The van der Waals surface area contributed by atoms with Crippen LogP contribution in [0.3, 0.4) is 0 Å². The molecule has 2 rings (SSSR count). The van der Waals surface area contributed by atoms with Crippen LogP contribution < -0.4 is 11.1 Å². The van der Waals surface area contributed by atoms with Gasteiger partial charge in [-0.25, -0.2) is 0 Å². The van der Waals surface area contributed by atoms with Gasteiger partial charge in [0, 0.05) is 25.3 Å². The van der Waals surface area contributed by atoms with Crippen LogP contribution in [-0.4, -0.2) is 17.0 Å². The minimum atomic E-state index is -0.188. The minimum Gasteiger partial charge on any atom is -0.349 e. The molecule has 4 nitrogen and oxygen atoms in total. The smallest absolute Gasteiger partial charge is 0.267 e. The van der Waals surface area contributed by atoms with E-state index < -0.39 is 0 Å². The van der Waals surface area contributed by atoms with Crippen LogP contribution >= 0.6 is 12.4 Å². The highest BCUT2D eigenvalue weighted by molar-refractivity contribution is 5.92. The summed E-state index contributed by atoms with van der Waals surface area (Å²) in [4.78, 5) is 12.0. The SMILES string of the molecule is Cc1ccc(C(=O)NCC(N)c2ccccc2)n1C.Cl. The molecule has 0 saturated heterocycles. The summed E-state index contributed by atoms with van der Waals surface area (Å²) in [7, 11) is 1.88. The molecule has 0 fully saturated rings. The predicted molar refractivity (Wildman–Crippen MR) is 83.1 cm³/mol. The van der Waals surface area contributed by atoms with Crippen molar-refractivity contribution in [3.8, 4) is 0 Å². The van der Waals surface area contributed by atoms with Crippen LogP contribution in [0.25, 0.3) is 0 Å². The Labute approximate surface area is 125 Å². The van der Waals surface area contributed by atoms with E-state index in [1.165, 1.54) is 0 Å². The van der Waals surface area contributed by atoms with Gasteiger partial charge in [-0.15, -0.1) is 12.4 Å². The summed E-state index contributed by atoms with van der Waals surface area (Å²) in [5.41, 5.74) is 8.77. The van der Waals surface area contributed by atoms with E-state index in [4.69, 9.17) is 5.73 Å². The lowest BCUT2D eigenvalue weighted by atomic mass is 10.1. The van der Waals surface area contributed by atoms with Crippen molar-refractivity contribution in [2.45, 2.75) is 13.0 Å². The largest absolute Gasteiger partial charge is 0.349 e. The van der Waals surface area contributed by atoms with Gasteiger partial charge in [-0.1, -0.05) is 30.3 Å². The molecule has 5 heteroatoms. The fourth-order valence-electron chi connectivity index (χ4n) is 1.95. The zero-order chi connectivity index (χ0) is 13.8. The maximum Gasteiger partial charge on any atom is 0.267 e. The minimum absolute atomic E-state index is 0. The number of hydrogen-bond donors (Lipinski definition) is 2. The maximum absolute atomic E-state index is 12.0. The first kappa shape index (κ1) is 16.3. The molecule has 0 saturated carbocycles. The van der Waals surface area contributed by atoms with Crippen LogP contribution in [0.1, 0.15) is 27.8 Å². The van der Waals surface area contributed by atoms with Crippen LogP contribution in [0.2, 0.25) is 0 Å².